The third kappa shape index (κ3) is 33.2. The zero-order valence-electron chi connectivity index (χ0n) is 30.8. The van der Waals surface area contributed by atoms with Crippen molar-refractivity contribution in [2.24, 2.45) is 0 Å². The van der Waals surface area contributed by atoms with E-state index >= 15 is 0 Å². The van der Waals surface area contributed by atoms with Crippen molar-refractivity contribution in [1.82, 2.24) is 0 Å². The lowest BCUT2D eigenvalue weighted by Crippen LogP contribution is -2.40. The number of unbranched alkanes of at least 4 members (excludes halogenated alkanes) is 22. The van der Waals surface area contributed by atoms with Crippen LogP contribution >= 0.6 is 7.82 Å². The van der Waals surface area contributed by atoms with Gasteiger partial charge in [-0.2, -0.15) is 0 Å². The largest absolute Gasteiger partial charge is 0.469 e. The zero-order valence-corrected chi connectivity index (χ0v) is 31.7. The van der Waals surface area contributed by atoms with Crippen LogP contribution in [0.1, 0.15) is 194 Å². The normalized spacial score (nSPS) is 13.4. The van der Waals surface area contributed by atoms with Gasteiger partial charge in [-0.05, 0) is 64.2 Å². The molecule has 0 aromatic carbocycles. The Bertz CT molecular complexity index is 853. The van der Waals surface area contributed by atoms with Gasteiger partial charge in [-0.3, -0.25) is 14.1 Å². The maximum atomic E-state index is 12.9. The van der Waals surface area contributed by atoms with Crippen LogP contribution in [-0.4, -0.2) is 45.5 Å². The number of Topliss-reactive ketones (excluding diaryl/α,β-unsaturated/α-hetero) is 1. The number of ketones is 1. The van der Waals surface area contributed by atoms with Crippen molar-refractivity contribution in [2.45, 2.75) is 206 Å². The van der Waals surface area contributed by atoms with Gasteiger partial charge in [0.1, 0.15) is 6.10 Å². The minimum Gasteiger partial charge on any atom is -0.451 e. The summed E-state index contributed by atoms with van der Waals surface area (Å²) in [6.45, 7) is 3.68. The quantitative estimate of drug-likeness (QED) is 0.0255. The molecule has 282 valence electrons. The third-order valence-electron chi connectivity index (χ3n) is 8.67. The topological polar surface area (TPSA) is 130 Å². The lowest BCUT2D eigenvalue weighted by atomic mass is 10.0. The third-order valence-corrected chi connectivity index (χ3v) is 9.15. The van der Waals surface area contributed by atoms with E-state index in [0.29, 0.717) is 12.8 Å². The van der Waals surface area contributed by atoms with Crippen molar-refractivity contribution in [3.8, 4) is 0 Å². The first-order chi connectivity index (χ1) is 23.2. The molecule has 2 unspecified atom stereocenters. The molecule has 8 nitrogen and oxygen atoms in total. The van der Waals surface area contributed by atoms with Gasteiger partial charge in [-0.15, -0.1) is 0 Å². The summed E-state index contributed by atoms with van der Waals surface area (Å²) in [7, 11) is -4.84. The molecule has 3 N–H and O–H groups in total. The first kappa shape index (κ1) is 46.7. The number of aliphatic hydroxyl groups excluding tert-OH is 1. The summed E-state index contributed by atoms with van der Waals surface area (Å²) in [5, 5.41) is 10.4. The predicted octanol–water partition coefficient (Wildman–Crippen LogP) is 11.0. The molecule has 0 bridgehead atoms. The molecule has 0 aromatic heterocycles. The number of rotatable bonds is 36. The van der Waals surface area contributed by atoms with Crippen LogP contribution in [0.4, 0.5) is 0 Å². The fourth-order valence-electron chi connectivity index (χ4n) is 5.67. The number of carbonyl (C=O) groups excluding carboxylic acids is 2. The Morgan fingerprint density at radius 3 is 1.31 bits per heavy atom. The summed E-state index contributed by atoms with van der Waals surface area (Å²) in [6, 6.07) is 0. The van der Waals surface area contributed by atoms with Gasteiger partial charge in [0, 0.05) is 12.8 Å². The lowest BCUT2D eigenvalue weighted by Gasteiger charge is -2.22. The summed E-state index contributed by atoms with van der Waals surface area (Å²) in [4.78, 5) is 43.4. The highest BCUT2D eigenvalue weighted by atomic mass is 31.2. The molecule has 0 rings (SSSR count). The summed E-state index contributed by atoms with van der Waals surface area (Å²) in [5.74, 6) is -1.04. The number of hydrogen-bond donors (Lipinski definition) is 3. The first-order valence-corrected chi connectivity index (χ1v) is 21.1. The van der Waals surface area contributed by atoms with Crippen molar-refractivity contribution >= 4 is 19.6 Å². The van der Waals surface area contributed by atoms with E-state index in [-0.39, 0.29) is 12.8 Å². The molecule has 0 heterocycles. The highest BCUT2D eigenvalue weighted by Crippen LogP contribution is 2.36. The van der Waals surface area contributed by atoms with Gasteiger partial charge in [0.15, 0.2) is 11.9 Å². The van der Waals surface area contributed by atoms with Crippen molar-refractivity contribution < 1.29 is 38.3 Å². The van der Waals surface area contributed by atoms with Gasteiger partial charge in [0.05, 0.1) is 6.61 Å². The van der Waals surface area contributed by atoms with Crippen molar-refractivity contribution in [3.63, 3.8) is 0 Å². The van der Waals surface area contributed by atoms with E-state index in [0.717, 1.165) is 77.0 Å². The van der Waals surface area contributed by atoms with Crippen LogP contribution in [-0.2, 0) is 23.4 Å². The summed E-state index contributed by atoms with van der Waals surface area (Å²) < 4.78 is 20.8. The summed E-state index contributed by atoms with van der Waals surface area (Å²) in [5.41, 5.74) is 0. The summed E-state index contributed by atoms with van der Waals surface area (Å²) >= 11 is 0. The number of hydrogen-bond acceptors (Lipinski definition) is 6. The van der Waals surface area contributed by atoms with Crippen LogP contribution in [0.3, 0.4) is 0 Å². The number of ether oxygens (including phenoxy) is 1. The molecule has 48 heavy (non-hydrogen) atoms. The van der Waals surface area contributed by atoms with Crippen LogP contribution in [0, 0.1) is 0 Å². The second kappa shape index (κ2) is 34.2. The van der Waals surface area contributed by atoms with E-state index in [9.17, 15) is 19.3 Å². The van der Waals surface area contributed by atoms with E-state index in [1.54, 1.807) is 0 Å². The van der Waals surface area contributed by atoms with Crippen molar-refractivity contribution in [2.75, 3.05) is 6.61 Å². The van der Waals surface area contributed by atoms with Crippen LogP contribution in [0.15, 0.2) is 24.3 Å². The van der Waals surface area contributed by atoms with Crippen LogP contribution in [0.25, 0.3) is 0 Å². The van der Waals surface area contributed by atoms with Crippen molar-refractivity contribution in [1.29, 1.82) is 0 Å². The Labute approximate surface area is 294 Å². The van der Waals surface area contributed by atoms with Gasteiger partial charge in [0.25, 0.3) is 0 Å². The maximum absolute atomic E-state index is 12.9. The van der Waals surface area contributed by atoms with E-state index in [1.807, 2.05) is 0 Å². The molecule has 0 saturated heterocycles. The average Bonchev–Trinajstić information content (AvgIpc) is 3.05. The molecule has 2 atom stereocenters. The van der Waals surface area contributed by atoms with E-state index in [2.05, 4.69) is 42.7 Å². The van der Waals surface area contributed by atoms with Gasteiger partial charge in [0.2, 0.25) is 0 Å². The fraction of sp³-hybridized carbons (Fsp3) is 0.846. The molecule has 0 amide bonds. The molecular weight excluding hydrogens is 627 g/mol. The second-order valence-corrected chi connectivity index (χ2v) is 14.6. The molecule has 9 heteroatoms. The van der Waals surface area contributed by atoms with Crippen LogP contribution < -0.4 is 0 Å². The van der Waals surface area contributed by atoms with Gasteiger partial charge >= 0.3 is 13.8 Å². The standard InChI is InChI=1S/C39H73O8P/c1-3-5-7-9-11-13-15-17-19-21-23-25-27-29-31-33-36(40)39(37(41)35-46-48(43,44)45)47-38(42)34-32-30-28-26-24-22-20-18-16-14-12-10-8-6-4-2/h17-20,37,39,41H,3-16,21-35H2,1-2H3,(H2,43,44,45)/b19-17-,20-18-. The first-order valence-electron chi connectivity index (χ1n) is 19.6. The smallest absolute Gasteiger partial charge is 0.451 e. The molecule has 0 aliphatic carbocycles. The number of phosphoric acid groups is 1. The molecule has 0 aliphatic heterocycles. The fourth-order valence-corrected chi connectivity index (χ4v) is 6.02. The highest BCUT2D eigenvalue weighted by molar-refractivity contribution is 7.46. The zero-order chi connectivity index (χ0) is 35.6. The Hall–Kier alpha value is -1.31. The van der Waals surface area contributed by atoms with E-state index in [1.165, 1.54) is 77.0 Å². The number of phosphoric ester groups is 1. The predicted molar refractivity (Wildman–Crippen MR) is 198 cm³/mol. The van der Waals surface area contributed by atoms with Gasteiger partial charge < -0.3 is 19.6 Å². The second-order valence-electron chi connectivity index (χ2n) is 13.4. The Morgan fingerprint density at radius 2 is 0.917 bits per heavy atom. The Balaban J connectivity index is 4.21. The van der Waals surface area contributed by atoms with E-state index in [4.69, 9.17) is 14.5 Å². The molecule has 0 saturated carbocycles. The van der Waals surface area contributed by atoms with Gasteiger partial charge in [-0.25, -0.2) is 4.57 Å². The molecule has 0 aliphatic rings. The number of esters is 1. The number of carbonyl (C=O) groups is 2. The molecule has 0 aromatic rings. The monoisotopic (exact) mass is 701 g/mol. The minimum atomic E-state index is -4.84. The molecular formula is C39H73O8P. The van der Waals surface area contributed by atoms with E-state index < -0.39 is 38.4 Å². The van der Waals surface area contributed by atoms with Crippen molar-refractivity contribution in [3.05, 3.63) is 24.3 Å². The highest BCUT2D eigenvalue weighted by Gasteiger charge is 2.32. The number of allylic oxidation sites excluding steroid dienone is 4. The molecule has 0 spiro atoms. The van der Waals surface area contributed by atoms with Crippen LogP contribution in [0.2, 0.25) is 0 Å². The summed E-state index contributed by atoms with van der Waals surface area (Å²) in [6.07, 6.45) is 35.8. The average molecular weight is 701 g/mol. The maximum Gasteiger partial charge on any atom is 0.469 e. The van der Waals surface area contributed by atoms with Crippen LogP contribution in [0.5, 0.6) is 0 Å². The molecule has 0 radical (unpaired) electrons. The Kier molecular flexibility index (Phi) is 33.2. The lowest BCUT2D eigenvalue weighted by molar-refractivity contribution is -0.163. The SMILES string of the molecule is CCCCCCCC/C=C\CCCCCCCC(=O)OC(C(=O)CCCCCCC/C=C\CCCCCCCC)C(O)COP(=O)(O)O. The Morgan fingerprint density at radius 1 is 0.562 bits per heavy atom. The number of aliphatic hydroxyl groups is 1. The van der Waals surface area contributed by atoms with Gasteiger partial charge in [-0.1, -0.05) is 141 Å². The minimum absolute atomic E-state index is 0.122. The molecule has 0 fully saturated rings.